The van der Waals surface area contributed by atoms with Crippen molar-refractivity contribution in [3.8, 4) is 33.4 Å². The van der Waals surface area contributed by atoms with Crippen LogP contribution in [0.1, 0.15) is 49.9 Å². The first kappa shape index (κ1) is 33.7. The fraction of sp³-hybridized carbons (Fsp3) is 0.111. The molecule has 2 nitrogen and oxygen atoms in total. The SMILES string of the molecule is CC1(C)c2ccccc2-c2ccc(N(c3cc#ccc3)c3ccc(-c4ccc(N(c5ccccc5)c5ccc6c(c5)C(C)(C)c5ccccc5-6)cc4)cc3)cc21. The van der Waals surface area contributed by atoms with E-state index < -0.39 is 0 Å². The van der Waals surface area contributed by atoms with Crippen molar-refractivity contribution >= 4 is 34.1 Å². The molecule has 0 N–H and O–H groups in total. The average Bonchev–Trinajstić information content (AvgIpc) is 3.61. The summed E-state index contributed by atoms with van der Waals surface area (Å²) in [6, 6.07) is 72.5. The lowest BCUT2D eigenvalue weighted by atomic mass is 9.82. The van der Waals surface area contributed by atoms with Crippen LogP contribution >= 0.6 is 0 Å². The fourth-order valence-corrected chi connectivity index (χ4v) is 9.22. The molecule has 0 saturated heterocycles. The average molecular weight is 719 g/mol. The monoisotopic (exact) mass is 718 g/mol. The van der Waals surface area contributed by atoms with Gasteiger partial charge in [-0.2, -0.15) is 0 Å². The van der Waals surface area contributed by atoms with Gasteiger partial charge >= 0.3 is 0 Å². The molecule has 8 aromatic rings. The summed E-state index contributed by atoms with van der Waals surface area (Å²) in [6.45, 7) is 9.36. The van der Waals surface area contributed by atoms with Gasteiger partial charge < -0.3 is 9.80 Å². The van der Waals surface area contributed by atoms with Crippen molar-refractivity contribution in [3.63, 3.8) is 0 Å². The highest BCUT2D eigenvalue weighted by atomic mass is 15.1. The van der Waals surface area contributed by atoms with E-state index in [-0.39, 0.29) is 10.8 Å². The molecule has 56 heavy (non-hydrogen) atoms. The van der Waals surface area contributed by atoms with E-state index in [4.69, 9.17) is 0 Å². The minimum atomic E-state index is -0.0840. The summed E-state index contributed by atoms with van der Waals surface area (Å²) in [5.74, 6) is 0. The van der Waals surface area contributed by atoms with Crippen LogP contribution in [0.15, 0.2) is 182 Å². The Morgan fingerprint density at radius 2 is 0.750 bits per heavy atom. The number of hydrogen-bond donors (Lipinski definition) is 0. The van der Waals surface area contributed by atoms with E-state index in [2.05, 4.69) is 219 Å². The van der Waals surface area contributed by atoms with Crippen molar-refractivity contribution in [2.75, 3.05) is 9.80 Å². The summed E-state index contributed by atoms with van der Waals surface area (Å²) < 4.78 is 0. The Morgan fingerprint density at radius 3 is 1.23 bits per heavy atom. The van der Waals surface area contributed by atoms with Crippen LogP contribution in [0.5, 0.6) is 0 Å². The quantitative estimate of drug-likeness (QED) is 0.162. The van der Waals surface area contributed by atoms with Crippen LogP contribution in [0.3, 0.4) is 0 Å². The fourth-order valence-electron chi connectivity index (χ4n) is 9.22. The van der Waals surface area contributed by atoms with Gasteiger partial charge in [-0.15, -0.1) is 0 Å². The molecule has 0 aromatic heterocycles. The number of fused-ring (bicyclic) bond motifs is 6. The van der Waals surface area contributed by atoms with E-state index >= 15 is 0 Å². The molecule has 2 aliphatic rings. The number of benzene rings is 7. The van der Waals surface area contributed by atoms with Crippen LogP contribution in [0.2, 0.25) is 0 Å². The summed E-state index contributed by atoms with van der Waals surface area (Å²) in [5, 5.41) is 0. The summed E-state index contributed by atoms with van der Waals surface area (Å²) in [5.41, 5.74) is 19.7. The van der Waals surface area contributed by atoms with Crippen LogP contribution in [-0.4, -0.2) is 0 Å². The van der Waals surface area contributed by atoms with E-state index in [1.807, 2.05) is 12.1 Å². The van der Waals surface area contributed by atoms with Gasteiger partial charge in [-0.25, -0.2) is 0 Å². The molecule has 0 spiro atoms. The molecule has 0 amide bonds. The molecule has 0 radical (unpaired) electrons. The summed E-state index contributed by atoms with van der Waals surface area (Å²) >= 11 is 0. The van der Waals surface area contributed by atoms with Crippen molar-refractivity contribution < 1.29 is 0 Å². The lowest BCUT2D eigenvalue weighted by molar-refractivity contribution is 0.660. The zero-order chi connectivity index (χ0) is 38.0. The summed E-state index contributed by atoms with van der Waals surface area (Å²) in [6.07, 6.45) is 0. The maximum Gasteiger partial charge on any atom is 0.0551 e. The third-order valence-corrected chi connectivity index (χ3v) is 12.1. The van der Waals surface area contributed by atoms with E-state index in [0.717, 1.165) is 34.1 Å². The second kappa shape index (κ2) is 12.9. The molecule has 8 aromatic carbocycles. The van der Waals surface area contributed by atoms with Gasteiger partial charge in [0, 0.05) is 45.3 Å². The topological polar surface area (TPSA) is 6.48 Å². The largest absolute Gasteiger partial charge is 0.310 e. The van der Waals surface area contributed by atoms with E-state index in [1.165, 1.54) is 55.6 Å². The second-order valence-electron chi connectivity index (χ2n) is 16.1. The first-order chi connectivity index (χ1) is 27.3. The first-order valence-corrected chi connectivity index (χ1v) is 19.5. The molecule has 2 heteroatoms. The van der Waals surface area contributed by atoms with Crippen molar-refractivity contribution in [1.82, 2.24) is 0 Å². The van der Waals surface area contributed by atoms with E-state index in [9.17, 15) is 0 Å². The molecule has 0 heterocycles. The molecule has 0 bridgehead atoms. The van der Waals surface area contributed by atoms with E-state index in [1.54, 1.807) is 0 Å². The van der Waals surface area contributed by atoms with Crippen LogP contribution in [-0.2, 0) is 10.8 Å². The molecule has 0 atom stereocenters. The maximum absolute atomic E-state index is 3.19. The van der Waals surface area contributed by atoms with Crippen molar-refractivity contribution in [2.24, 2.45) is 0 Å². The Morgan fingerprint density at radius 1 is 0.339 bits per heavy atom. The van der Waals surface area contributed by atoms with Crippen molar-refractivity contribution in [2.45, 2.75) is 38.5 Å². The van der Waals surface area contributed by atoms with Gasteiger partial charge in [0.1, 0.15) is 0 Å². The molecule has 2 aliphatic carbocycles. The number of para-hydroxylation sites is 1. The molecule has 0 saturated carbocycles. The highest BCUT2D eigenvalue weighted by molar-refractivity contribution is 5.88. The molecular formula is C54H42N2. The summed E-state index contributed by atoms with van der Waals surface area (Å²) in [4.78, 5) is 4.69. The Balaban J connectivity index is 0.983. The predicted molar refractivity (Wildman–Crippen MR) is 234 cm³/mol. The number of hydrogen-bond acceptors (Lipinski definition) is 2. The molecule has 0 aliphatic heterocycles. The van der Waals surface area contributed by atoms with Gasteiger partial charge in [0.25, 0.3) is 0 Å². The van der Waals surface area contributed by atoms with Crippen LogP contribution in [0.4, 0.5) is 34.1 Å². The third kappa shape index (κ3) is 5.35. The smallest absolute Gasteiger partial charge is 0.0551 e. The normalized spacial score (nSPS) is 13.9. The Kier molecular flexibility index (Phi) is 7.77. The van der Waals surface area contributed by atoms with Crippen molar-refractivity contribution in [1.29, 1.82) is 0 Å². The molecule has 10 rings (SSSR count). The molecule has 0 fully saturated rings. The highest BCUT2D eigenvalue weighted by Gasteiger charge is 2.37. The molecule has 0 unspecified atom stereocenters. The molecule has 268 valence electrons. The predicted octanol–water partition coefficient (Wildman–Crippen LogP) is 14.5. The van der Waals surface area contributed by atoms with Crippen molar-refractivity contribution in [3.05, 3.63) is 216 Å². The Hall–Kier alpha value is -6.82. The van der Waals surface area contributed by atoms with Crippen LogP contribution in [0, 0.1) is 12.1 Å². The van der Waals surface area contributed by atoms with E-state index in [0.29, 0.717) is 0 Å². The van der Waals surface area contributed by atoms with Gasteiger partial charge in [-0.05, 0) is 128 Å². The minimum Gasteiger partial charge on any atom is -0.310 e. The zero-order valence-electron chi connectivity index (χ0n) is 32.2. The number of nitrogens with zero attached hydrogens (tertiary/aromatic N) is 2. The standard InChI is InChI=1S/C54H42N2/c1-53(2)49-21-13-11-19-45(49)47-33-31-43(35-51(47)53)55(39-15-7-5-8-16-39)41-27-23-37(24-28-41)38-25-29-42(30-26-38)56(40-17-9-6-10-18-40)44-32-34-48-46-20-12-14-22-50(46)54(3,4)52(48)36-44/h5,7-9,11-36H,1-4H3. The highest BCUT2D eigenvalue weighted by Crippen LogP contribution is 2.52. The lowest BCUT2D eigenvalue weighted by Gasteiger charge is -2.28. The van der Waals surface area contributed by atoms with Crippen LogP contribution < -0.4 is 9.80 Å². The van der Waals surface area contributed by atoms with Crippen LogP contribution in [0.25, 0.3) is 33.4 Å². The first-order valence-electron chi connectivity index (χ1n) is 19.5. The van der Waals surface area contributed by atoms with Gasteiger partial charge in [0.15, 0.2) is 0 Å². The second-order valence-corrected chi connectivity index (χ2v) is 16.1. The maximum atomic E-state index is 3.19. The van der Waals surface area contributed by atoms with Gasteiger partial charge in [0.2, 0.25) is 0 Å². The third-order valence-electron chi connectivity index (χ3n) is 12.1. The Bertz CT molecular complexity index is 2530. The van der Waals surface area contributed by atoms with Gasteiger partial charge in [0.05, 0.1) is 5.69 Å². The van der Waals surface area contributed by atoms with Gasteiger partial charge in [-0.1, -0.05) is 143 Å². The Labute approximate surface area is 331 Å². The summed E-state index contributed by atoms with van der Waals surface area (Å²) in [7, 11) is 0. The molecular weight excluding hydrogens is 677 g/mol. The van der Waals surface area contributed by atoms with Gasteiger partial charge in [-0.3, -0.25) is 0 Å². The zero-order valence-corrected chi connectivity index (χ0v) is 32.2. The number of rotatable bonds is 7. The lowest BCUT2D eigenvalue weighted by Crippen LogP contribution is -2.16. The number of anilines is 6. The minimum absolute atomic E-state index is 0.0733.